The summed E-state index contributed by atoms with van der Waals surface area (Å²) in [5.41, 5.74) is 2.07. The van der Waals surface area contributed by atoms with Crippen molar-refractivity contribution in [3.63, 3.8) is 0 Å². The molecular weight excluding hydrogens is 392 g/mol. The molecule has 3 aromatic rings. The minimum Gasteiger partial charge on any atom is -0.334 e. The molecule has 160 valence electrons. The fourth-order valence-corrected chi connectivity index (χ4v) is 3.18. The van der Waals surface area contributed by atoms with Gasteiger partial charge in [0.25, 0.3) is 17.4 Å². The Bertz CT molecular complexity index is 1120. The number of aryl methyl sites for hydroxylation is 1. The van der Waals surface area contributed by atoms with Gasteiger partial charge in [0.05, 0.1) is 6.04 Å². The Morgan fingerprint density at radius 1 is 1.06 bits per heavy atom. The molecule has 7 nitrogen and oxygen atoms in total. The highest BCUT2D eigenvalue weighted by molar-refractivity contribution is 6.04. The van der Waals surface area contributed by atoms with E-state index in [0.717, 1.165) is 12.0 Å². The molecule has 0 aliphatic rings. The number of rotatable bonds is 7. The van der Waals surface area contributed by atoms with Crippen LogP contribution in [0.4, 0.5) is 5.69 Å². The largest absolute Gasteiger partial charge is 0.334 e. The molecule has 3 rings (SSSR count). The van der Waals surface area contributed by atoms with Gasteiger partial charge in [-0.1, -0.05) is 37.3 Å². The average molecular weight is 418 g/mol. The number of nitrogens with one attached hydrogen (secondary N) is 1. The highest BCUT2D eigenvalue weighted by atomic mass is 16.2. The molecule has 0 saturated heterocycles. The average Bonchev–Trinajstić information content (AvgIpc) is 2.80. The summed E-state index contributed by atoms with van der Waals surface area (Å²) in [6, 6.07) is 18.9. The quantitative estimate of drug-likeness (QED) is 0.634. The van der Waals surface area contributed by atoms with Crippen molar-refractivity contribution in [3.05, 3.63) is 93.9 Å². The van der Waals surface area contributed by atoms with E-state index in [0.29, 0.717) is 17.8 Å². The number of hydrogen-bond acceptors (Lipinski definition) is 4. The Balaban J connectivity index is 1.76. The van der Waals surface area contributed by atoms with E-state index in [9.17, 15) is 14.4 Å². The number of hydrogen-bond donors (Lipinski definition) is 1. The van der Waals surface area contributed by atoms with Crippen molar-refractivity contribution in [1.82, 2.24) is 14.7 Å². The first kappa shape index (κ1) is 22.0. The fourth-order valence-electron chi connectivity index (χ4n) is 3.18. The minimum atomic E-state index is -0.281. The summed E-state index contributed by atoms with van der Waals surface area (Å²) in [5.74, 6) is -0.478. The Labute approximate surface area is 181 Å². The third-order valence-corrected chi connectivity index (χ3v) is 5.09. The molecule has 0 bridgehead atoms. The molecule has 0 spiro atoms. The molecular formula is C24H26N4O3. The summed E-state index contributed by atoms with van der Waals surface area (Å²) < 4.78 is 1.31. The van der Waals surface area contributed by atoms with Crippen molar-refractivity contribution >= 4 is 17.5 Å². The summed E-state index contributed by atoms with van der Waals surface area (Å²) >= 11 is 0. The number of aromatic nitrogens is 2. The number of nitrogens with zero attached hydrogens (tertiary/aromatic N) is 3. The molecule has 7 heteroatoms. The zero-order chi connectivity index (χ0) is 22.4. The van der Waals surface area contributed by atoms with Crippen molar-refractivity contribution < 1.29 is 9.59 Å². The summed E-state index contributed by atoms with van der Waals surface area (Å²) in [4.78, 5) is 38.8. The van der Waals surface area contributed by atoms with Crippen molar-refractivity contribution in [2.45, 2.75) is 32.9 Å². The maximum atomic E-state index is 13.0. The maximum absolute atomic E-state index is 13.0. The second-order valence-corrected chi connectivity index (χ2v) is 7.32. The van der Waals surface area contributed by atoms with Crippen LogP contribution in [0.5, 0.6) is 0 Å². The highest BCUT2D eigenvalue weighted by Gasteiger charge is 2.21. The predicted molar refractivity (Wildman–Crippen MR) is 120 cm³/mol. The van der Waals surface area contributed by atoms with Gasteiger partial charge in [-0.25, -0.2) is 4.68 Å². The van der Waals surface area contributed by atoms with Gasteiger partial charge < -0.3 is 10.2 Å². The lowest BCUT2D eigenvalue weighted by Crippen LogP contribution is -2.33. The van der Waals surface area contributed by atoms with Crippen molar-refractivity contribution in [2.75, 3.05) is 12.4 Å². The van der Waals surface area contributed by atoms with Crippen LogP contribution in [0, 0.1) is 0 Å². The molecule has 1 N–H and O–H groups in total. The van der Waals surface area contributed by atoms with Crippen LogP contribution in [0.3, 0.4) is 0 Å². The van der Waals surface area contributed by atoms with Crippen LogP contribution in [0.15, 0.2) is 71.5 Å². The van der Waals surface area contributed by atoms with Gasteiger partial charge in [-0.15, -0.1) is 0 Å². The molecule has 31 heavy (non-hydrogen) atoms. The predicted octanol–water partition coefficient (Wildman–Crippen LogP) is 3.74. The van der Waals surface area contributed by atoms with Gasteiger partial charge in [-0.3, -0.25) is 14.4 Å². The van der Waals surface area contributed by atoms with Crippen LogP contribution in [0.1, 0.15) is 52.7 Å². The summed E-state index contributed by atoms with van der Waals surface area (Å²) in [5, 5.41) is 7.09. The van der Waals surface area contributed by atoms with E-state index >= 15 is 0 Å². The third kappa shape index (κ3) is 5.25. The first-order valence-electron chi connectivity index (χ1n) is 10.2. The topological polar surface area (TPSA) is 84.3 Å². The zero-order valence-corrected chi connectivity index (χ0v) is 17.9. The van der Waals surface area contributed by atoms with Gasteiger partial charge in [-0.05, 0) is 49.2 Å². The van der Waals surface area contributed by atoms with Crippen molar-refractivity contribution in [3.8, 4) is 0 Å². The van der Waals surface area contributed by atoms with Crippen LogP contribution in [0.25, 0.3) is 0 Å². The van der Waals surface area contributed by atoms with Crippen LogP contribution in [0.2, 0.25) is 0 Å². The molecule has 0 radical (unpaired) electrons. The Kier molecular flexibility index (Phi) is 6.97. The number of amides is 2. The van der Waals surface area contributed by atoms with E-state index in [1.165, 1.54) is 16.8 Å². The van der Waals surface area contributed by atoms with E-state index < -0.39 is 0 Å². The molecule has 1 aromatic heterocycles. The van der Waals surface area contributed by atoms with E-state index in [-0.39, 0.29) is 29.1 Å². The van der Waals surface area contributed by atoms with Crippen LogP contribution in [-0.4, -0.2) is 33.5 Å². The van der Waals surface area contributed by atoms with Gasteiger partial charge in [0.2, 0.25) is 0 Å². The molecule has 0 saturated carbocycles. The lowest BCUT2D eigenvalue weighted by Gasteiger charge is -2.25. The molecule has 2 amide bonds. The van der Waals surface area contributed by atoms with Gasteiger partial charge in [-0.2, -0.15) is 5.10 Å². The number of benzene rings is 2. The second-order valence-electron chi connectivity index (χ2n) is 7.32. The second kappa shape index (κ2) is 9.84. The van der Waals surface area contributed by atoms with E-state index in [1.807, 2.05) is 50.2 Å². The summed E-state index contributed by atoms with van der Waals surface area (Å²) in [6.45, 7) is 4.31. The van der Waals surface area contributed by atoms with Crippen LogP contribution < -0.4 is 10.9 Å². The number of carbonyl (C=O) groups excluding carboxylic acids is 2. The molecule has 0 aliphatic carbocycles. The SMILES string of the molecule is CCCn1nc(C(=O)N(C)[C@H](C)c2cccc(NC(=O)c3ccccc3)c2)ccc1=O. The first-order chi connectivity index (χ1) is 14.9. The molecule has 0 unspecified atom stereocenters. The Hall–Kier alpha value is -3.74. The van der Waals surface area contributed by atoms with E-state index in [4.69, 9.17) is 0 Å². The number of carbonyl (C=O) groups is 2. The molecule has 2 aromatic carbocycles. The zero-order valence-electron chi connectivity index (χ0n) is 17.9. The van der Waals surface area contributed by atoms with Gasteiger partial charge in [0, 0.05) is 30.9 Å². The minimum absolute atomic E-state index is 0.197. The van der Waals surface area contributed by atoms with Gasteiger partial charge >= 0.3 is 0 Å². The molecule has 1 atom stereocenters. The maximum Gasteiger partial charge on any atom is 0.274 e. The van der Waals surface area contributed by atoms with E-state index in [1.54, 1.807) is 30.1 Å². The highest BCUT2D eigenvalue weighted by Crippen LogP contribution is 2.23. The fraction of sp³-hybridized carbons (Fsp3) is 0.250. The molecule has 0 fully saturated rings. The van der Waals surface area contributed by atoms with Gasteiger partial charge in [0.15, 0.2) is 0 Å². The van der Waals surface area contributed by atoms with Crippen LogP contribution in [-0.2, 0) is 6.54 Å². The van der Waals surface area contributed by atoms with Crippen LogP contribution >= 0.6 is 0 Å². The smallest absolute Gasteiger partial charge is 0.274 e. The standard InChI is InChI=1S/C24H26N4O3/c1-4-15-28-22(29)14-13-21(26-28)24(31)27(3)17(2)19-11-8-12-20(16-19)25-23(30)18-9-6-5-7-10-18/h5-14,16-17H,4,15H2,1-3H3,(H,25,30)/t17-/m1/s1. The normalized spacial score (nSPS) is 11.6. The molecule has 0 aliphatic heterocycles. The van der Waals surface area contributed by atoms with E-state index in [2.05, 4.69) is 10.4 Å². The lowest BCUT2D eigenvalue weighted by molar-refractivity contribution is 0.0733. The third-order valence-electron chi connectivity index (χ3n) is 5.09. The number of anilines is 1. The summed E-state index contributed by atoms with van der Waals surface area (Å²) in [7, 11) is 1.69. The summed E-state index contributed by atoms with van der Waals surface area (Å²) in [6.07, 6.45) is 0.748. The van der Waals surface area contributed by atoms with Crippen molar-refractivity contribution in [1.29, 1.82) is 0 Å². The Morgan fingerprint density at radius 2 is 1.81 bits per heavy atom. The van der Waals surface area contributed by atoms with Gasteiger partial charge in [0.1, 0.15) is 5.69 Å². The Morgan fingerprint density at radius 3 is 2.52 bits per heavy atom. The first-order valence-corrected chi connectivity index (χ1v) is 10.2. The van der Waals surface area contributed by atoms with Crippen molar-refractivity contribution in [2.24, 2.45) is 0 Å². The lowest BCUT2D eigenvalue weighted by atomic mass is 10.1. The molecule has 1 heterocycles. The monoisotopic (exact) mass is 418 g/mol.